The van der Waals surface area contributed by atoms with Crippen molar-refractivity contribution in [1.82, 2.24) is 20.1 Å². The molecule has 0 fully saturated rings. The van der Waals surface area contributed by atoms with E-state index in [4.69, 9.17) is 4.42 Å². The lowest BCUT2D eigenvalue weighted by Gasteiger charge is -2.04. The first kappa shape index (κ1) is 11.9. The molecule has 0 unspecified atom stereocenters. The van der Waals surface area contributed by atoms with E-state index in [0.717, 1.165) is 18.0 Å². The maximum absolute atomic E-state index is 5.66. The highest BCUT2D eigenvalue weighted by Crippen LogP contribution is 2.18. The normalized spacial score (nSPS) is 11.3. The molecule has 0 amide bonds. The second kappa shape index (κ2) is 5.14. The Hall–Kier alpha value is -1.62. The standard InChI is InChI=1S/C12H18N4O/c1-9(2)6-13-8-12-14-7-11(17-12)10-4-5-15-16(10)3/h4-5,7,9,13H,6,8H2,1-3H3. The summed E-state index contributed by atoms with van der Waals surface area (Å²) in [4.78, 5) is 4.24. The van der Waals surface area contributed by atoms with Crippen LogP contribution in [0.25, 0.3) is 11.5 Å². The topological polar surface area (TPSA) is 55.9 Å². The lowest BCUT2D eigenvalue weighted by molar-refractivity contribution is 0.457. The molecule has 0 atom stereocenters. The van der Waals surface area contributed by atoms with E-state index >= 15 is 0 Å². The Kier molecular flexibility index (Phi) is 3.58. The van der Waals surface area contributed by atoms with E-state index in [0.29, 0.717) is 18.4 Å². The van der Waals surface area contributed by atoms with Crippen LogP contribution in [0.1, 0.15) is 19.7 Å². The summed E-state index contributed by atoms with van der Waals surface area (Å²) in [5, 5.41) is 7.40. The largest absolute Gasteiger partial charge is 0.438 e. The Morgan fingerprint density at radius 2 is 2.29 bits per heavy atom. The SMILES string of the molecule is CC(C)CNCc1ncc(-c2ccnn2C)o1. The molecule has 5 heteroatoms. The van der Waals surface area contributed by atoms with Gasteiger partial charge in [-0.15, -0.1) is 0 Å². The van der Waals surface area contributed by atoms with Crippen LogP contribution in [0, 0.1) is 5.92 Å². The Bertz CT molecular complexity index is 472. The van der Waals surface area contributed by atoms with Crippen LogP contribution in [-0.2, 0) is 13.6 Å². The number of nitrogens with one attached hydrogen (secondary N) is 1. The predicted molar refractivity (Wildman–Crippen MR) is 65.2 cm³/mol. The zero-order valence-corrected chi connectivity index (χ0v) is 10.5. The first-order chi connectivity index (χ1) is 8.16. The average Bonchev–Trinajstić information content (AvgIpc) is 2.86. The third-order valence-corrected chi connectivity index (χ3v) is 2.46. The summed E-state index contributed by atoms with van der Waals surface area (Å²) >= 11 is 0. The van der Waals surface area contributed by atoms with Crippen LogP contribution < -0.4 is 5.32 Å². The number of aromatic nitrogens is 3. The maximum Gasteiger partial charge on any atom is 0.208 e. The second-order valence-corrected chi connectivity index (χ2v) is 4.48. The summed E-state index contributed by atoms with van der Waals surface area (Å²) < 4.78 is 7.43. The van der Waals surface area contributed by atoms with Crippen LogP contribution in [0.4, 0.5) is 0 Å². The summed E-state index contributed by atoms with van der Waals surface area (Å²) in [5.41, 5.74) is 0.938. The van der Waals surface area contributed by atoms with E-state index in [1.165, 1.54) is 0 Å². The van der Waals surface area contributed by atoms with Crippen molar-refractivity contribution in [2.75, 3.05) is 6.54 Å². The van der Waals surface area contributed by atoms with Crippen molar-refractivity contribution in [3.8, 4) is 11.5 Å². The van der Waals surface area contributed by atoms with Crippen LogP contribution in [0.3, 0.4) is 0 Å². The number of aryl methyl sites for hydroxylation is 1. The summed E-state index contributed by atoms with van der Waals surface area (Å²) in [6.07, 6.45) is 3.48. The molecule has 1 N–H and O–H groups in total. The molecule has 0 aliphatic heterocycles. The molecule has 0 aliphatic carbocycles. The fraction of sp³-hybridized carbons (Fsp3) is 0.500. The third-order valence-electron chi connectivity index (χ3n) is 2.46. The van der Waals surface area contributed by atoms with E-state index < -0.39 is 0 Å². The minimum Gasteiger partial charge on any atom is -0.438 e. The van der Waals surface area contributed by atoms with Gasteiger partial charge in [-0.25, -0.2) is 4.98 Å². The smallest absolute Gasteiger partial charge is 0.208 e. The summed E-state index contributed by atoms with van der Waals surface area (Å²) in [6.45, 7) is 5.96. The Morgan fingerprint density at radius 3 is 2.94 bits per heavy atom. The van der Waals surface area contributed by atoms with Gasteiger partial charge in [0.1, 0.15) is 5.69 Å². The van der Waals surface area contributed by atoms with Gasteiger partial charge in [0.25, 0.3) is 0 Å². The molecule has 17 heavy (non-hydrogen) atoms. The van der Waals surface area contributed by atoms with Gasteiger partial charge in [-0.3, -0.25) is 4.68 Å². The van der Waals surface area contributed by atoms with Crippen molar-refractivity contribution in [1.29, 1.82) is 0 Å². The van der Waals surface area contributed by atoms with Crippen LogP contribution in [0.15, 0.2) is 22.9 Å². The molecule has 0 saturated heterocycles. The van der Waals surface area contributed by atoms with E-state index in [1.807, 2.05) is 13.1 Å². The molecule has 2 heterocycles. The van der Waals surface area contributed by atoms with Crippen molar-refractivity contribution in [3.63, 3.8) is 0 Å². The zero-order chi connectivity index (χ0) is 12.3. The van der Waals surface area contributed by atoms with Gasteiger partial charge >= 0.3 is 0 Å². The quantitative estimate of drug-likeness (QED) is 0.857. The highest BCUT2D eigenvalue weighted by molar-refractivity contribution is 5.50. The second-order valence-electron chi connectivity index (χ2n) is 4.48. The van der Waals surface area contributed by atoms with Gasteiger partial charge in [0.2, 0.25) is 5.89 Å². The van der Waals surface area contributed by atoms with Gasteiger partial charge in [0.05, 0.1) is 12.7 Å². The molecule has 0 aromatic carbocycles. The van der Waals surface area contributed by atoms with Gasteiger partial charge in [-0.1, -0.05) is 13.8 Å². The first-order valence-corrected chi connectivity index (χ1v) is 5.80. The molecular formula is C12H18N4O. The number of nitrogens with zero attached hydrogens (tertiary/aromatic N) is 3. The van der Waals surface area contributed by atoms with Crippen molar-refractivity contribution in [2.45, 2.75) is 20.4 Å². The molecule has 0 spiro atoms. The molecule has 92 valence electrons. The minimum atomic E-state index is 0.626. The van der Waals surface area contributed by atoms with E-state index in [1.54, 1.807) is 17.1 Å². The molecule has 0 radical (unpaired) electrons. The highest BCUT2D eigenvalue weighted by Gasteiger charge is 2.09. The van der Waals surface area contributed by atoms with E-state index in [2.05, 4.69) is 29.2 Å². The van der Waals surface area contributed by atoms with Gasteiger partial charge in [0.15, 0.2) is 5.76 Å². The molecular weight excluding hydrogens is 216 g/mol. The van der Waals surface area contributed by atoms with Crippen molar-refractivity contribution in [3.05, 3.63) is 24.4 Å². The summed E-state index contributed by atoms with van der Waals surface area (Å²) in [5.74, 6) is 2.09. The molecule has 0 saturated carbocycles. The monoisotopic (exact) mass is 234 g/mol. The molecule has 2 rings (SSSR count). The Labute approximate surface area is 101 Å². The molecule has 5 nitrogen and oxygen atoms in total. The third kappa shape index (κ3) is 2.94. The highest BCUT2D eigenvalue weighted by atomic mass is 16.4. The number of hydrogen-bond acceptors (Lipinski definition) is 4. The van der Waals surface area contributed by atoms with Gasteiger partial charge in [0, 0.05) is 13.2 Å². The molecule has 0 bridgehead atoms. The van der Waals surface area contributed by atoms with E-state index in [9.17, 15) is 0 Å². The maximum atomic E-state index is 5.66. The minimum absolute atomic E-state index is 0.626. The van der Waals surface area contributed by atoms with Gasteiger partial charge < -0.3 is 9.73 Å². The number of hydrogen-bond donors (Lipinski definition) is 1. The predicted octanol–water partition coefficient (Wildman–Crippen LogP) is 1.82. The molecule has 2 aromatic rings. The van der Waals surface area contributed by atoms with Crippen molar-refractivity contribution < 1.29 is 4.42 Å². The lowest BCUT2D eigenvalue weighted by atomic mass is 10.2. The average molecular weight is 234 g/mol. The van der Waals surface area contributed by atoms with Crippen molar-refractivity contribution >= 4 is 0 Å². The fourth-order valence-corrected chi connectivity index (χ4v) is 1.59. The van der Waals surface area contributed by atoms with Crippen molar-refractivity contribution in [2.24, 2.45) is 13.0 Å². The molecule has 2 aromatic heterocycles. The van der Waals surface area contributed by atoms with E-state index in [-0.39, 0.29) is 0 Å². The Balaban J connectivity index is 1.99. The van der Waals surface area contributed by atoms with Crippen LogP contribution in [0.5, 0.6) is 0 Å². The first-order valence-electron chi connectivity index (χ1n) is 5.80. The van der Waals surface area contributed by atoms with Crippen LogP contribution >= 0.6 is 0 Å². The lowest BCUT2D eigenvalue weighted by Crippen LogP contribution is -2.18. The zero-order valence-electron chi connectivity index (χ0n) is 10.5. The summed E-state index contributed by atoms with van der Waals surface area (Å²) in [6, 6.07) is 1.91. The fourth-order valence-electron chi connectivity index (χ4n) is 1.59. The summed E-state index contributed by atoms with van der Waals surface area (Å²) in [7, 11) is 1.88. The van der Waals surface area contributed by atoms with Gasteiger partial charge in [-0.05, 0) is 18.5 Å². The van der Waals surface area contributed by atoms with Crippen LogP contribution in [0.2, 0.25) is 0 Å². The number of rotatable bonds is 5. The van der Waals surface area contributed by atoms with Gasteiger partial charge in [-0.2, -0.15) is 5.10 Å². The molecule has 0 aliphatic rings. The van der Waals surface area contributed by atoms with Crippen LogP contribution in [-0.4, -0.2) is 21.3 Å². The Morgan fingerprint density at radius 1 is 1.47 bits per heavy atom. The number of oxazole rings is 1.